The van der Waals surface area contributed by atoms with E-state index >= 15 is 0 Å². The number of nitro groups is 1. The van der Waals surface area contributed by atoms with Gasteiger partial charge in [-0.1, -0.05) is 11.8 Å². The highest BCUT2D eigenvalue weighted by Gasteiger charge is 2.11. The zero-order valence-corrected chi connectivity index (χ0v) is 15.7. The van der Waals surface area contributed by atoms with Gasteiger partial charge in [-0.15, -0.1) is 11.3 Å². The zero-order chi connectivity index (χ0) is 19.2. The molecule has 1 amide bonds. The normalized spacial score (nSPS) is 11.1. The van der Waals surface area contributed by atoms with Crippen LogP contribution in [0.15, 0.2) is 44.2 Å². The third-order valence-electron chi connectivity index (χ3n) is 3.15. The van der Waals surface area contributed by atoms with E-state index in [0.717, 1.165) is 20.3 Å². The minimum Gasteiger partial charge on any atom is -0.494 e. The Labute approximate surface area is 161 Å². The first kappa shape index (κ1) is 18.9. The molecule has 27 heavy (non-hydrogen) atoms. The second-order valence-electron chi connectivity index (χ2n) is 5.06. The lowest BCUT2D eigenvalue weighted by atomic mass is 10.3. The van der Waals surface area contributed by atoms with E-state index in [1.807, 2.05) is 25.1 Å². The number of nitrogens with one attached hydrogen (secondary N) is 1. The molecule has 0 aliphatic carbocycles. The summed E-state index contributed by atoms with van der Waals surface area (Å²) in [6, 6.07) is 8.27. The number of ether oxygens (including phenoxy) is 1. The molecular formula is C16H14N4O5S2. The first-order valence-electron chi connectivity index (χ1n) is 7.77. The summed E-state index contributed by atoms with van der Waals surface area (Å²) in [6.07, 6.45) is 1.20. The summed E-state index contributed by atoms with van der Waals surface area (Å²) in [5.74, 6) is 0.378. The fourth-order valence-electron chi connectivity index (χ4n) is 2.04. The number of amides is 1. The zero-order valence-electron chi connectivity index (χ0n) is 14.1. The Bertz CT molecular complexity index is 998. The van der Waals surface area contributed by atoms with Gasteiger partial charge in [-0.2, -0.15) is 5.10 Å². The first-order valence-corrected chi connectivity index (χ1v) is 9.57. The van der Waals surface area contributed by atoms with Crippen molar-refractivity contribution in [1.82, 2.24) is 10.4 Å². The van der Waals surface area contributed by atoms with Crippen molar-refractivity contribution in [2.45, 2.75) is 11.3 Å². The van der Waals surface area contributed by atoms with Gasteiger partial charge in [-0.25, -0.2) is 10.4 Å². The van der Waals surface area contributed by atoms with E-state index in [1.54, 1.807) is 0 Å². The average Bonchev–Trinajstić information content (AvgIpc) is 3.26. The van der Waals surface area contributed by atoms with Gasteiger partial charge in [-0.3, -0.25) is 14.9 Å². The number of aromatic nitrogens is 1. The molecule has 1 aromatic carbocycles. The Morgan fingerprint density at radius 3 is 3.07 bits per heavy atom. The van der Waals surface area contributed by atoms with Crippen molar-refractivity contribution < 1.29 is 18.9 Å². The number of carbonyl (C=O) groups excluding carboxylic acids is 1. The molecule has 0 bridgehead atoms. The van der Waals surface area contributed by atoms with Crippen LogP contribution in [0.25, 0.3) is 10.2 Å². The predicted molar refractivity (Wildman–Crippen MR) is 103 cm³/mol. The molecule has 0 radical (unpaired) electrons. The highest BCUT2D eigenvalue weighted by molar-refractivity contribution is 8.01. The van der Waals surface area contributed by atoms with E-state index in [9.17, 15) is 14.9 Å². The summed E-state index contributed by atoms with van der Waals surface area (Å²) >= 11 is 2.78. The summed E-state index contributed by atoms with van der Waals surface area (Å²) in [5, 5.41) is 14.2. The molecule has 2 heterocycles. The van der Waals surface area contributed by atoms with Crippen LogP contribution in [0.1, 0.15) is 12.7 Å². The minimum absolute atomic E-state index is 0.133. The molecule has 3 rings (SSSR count). The molecule has 0 aliphatic heterocycles. The van der Waals surface area contributed by atoms with Gasteiger partial charge in [0.15, 0.2) is 10.1 Å². The molecular weight excluding hydrogens is 392 g/mol. The van der Waals surface area contributed by atoms with E-state index in [1.165, 1.54) is 41.4 Å². The number of benzene rings is 1. The highest BCUT2D eigenvalue weighted by Crippen LogP contribution is 2.31. The van der Waals surface area contributed by atoms with E-state index in [0.29, 0.717) is 6.61 Å². The SMILES string of the molecule is CCOc1ccc2nc(SCC(=O)N/N=C/c3ccc([N+](=O)[O-])o3)sc2c1. The largest absolute Gasteiger partial charge is 0.494 e. The van der Waals surface area contributed by atoms with Crippen molar-refractivity contribution in [3.63, 3.8) is 0 Å². The lowest BCUT2D eigenvalue weighted by Crippen LogP contribution is -2.19. The standard InChI is InChI=1S/C16H14N4O5S2/c1-2-24-10-3-5-12-13(7-10)27-16(18-12)26-9-14(21)19-17-8-11-4-6-15(25-11)20(22)23/h3-8H,2,9H2,1H3,(H,19,21)/b17-8+. The number of hydrogen-bond donors (Lipinski definition) is 1. The smallest absolute Gasteiger partial charge is 0.433 e. The number of furan rings is 1. The third-order valence-corrected chi connectivity index (χ3v) is 5.31. The molecule has 0 fully saturated rings. The van der Waals surface area contributed by atoms with Gasteiger partial charge in [0.1, 0.15) is 10.7 Å². The van der Waals surface area contributed by atoms with Crippen molar-refractivity contribution >= 4 is 51.3 Å². The fourth-order valence-corrected chi connectivity index (χ4v) is 3.93. The van der Waals surface area contributed by atoms with Crippen LogP contribution < -0.4 is 10.2 Å². The third kappa shape index (κ3) is 5.05. The predicted octanol–water partition coefficient (Wildman–Crippen LogP) is 3.44. The van der Waals surface area contributed by atoms with E-state index in [2.05, 4.69) is 15.5 Å². The summed E-state index contributed by atoms with van der Waals surface area (Å²) in [6.45, 7) is 2.52. The van der Waals surface area contributed by atoms with Crippen molar-refractivity contribution in [3.05, 3.63) is 46.2 Å². The molecule has 140 valence electrons. The number of hydrogen-bond acceptors (Lipinski definition) is 9. The maximum absolute atomic E-state index is 11.8. The van der Waals surface area contributed by atoms with Gasteiger partial charge in [0, 0.05) is 0 Å². The second-order valence-corrected chi connectivity index (χ2v) is 7.31. The van der Waals surface area contributed by atoms with Crippen LogP contribution in [0.4, 0.5) is 5.88 Å². The number of rotatable bonds is 8. The van der Waals surface area contributed by atoms with E-state index < -0.39 is 4.92 Å². The van der Waals surface area contributed by atoms with Crippen molar-refractivity contribution in [3.8, 4) is 5.75 Å². The van der Waals surface area contributed by atoms with Gasteiger partial charge in [0.25, 0.3) is 5.91 Å². The number of nitrogens with zero attached hydrogens (tertiary/aromatic N) is 3. The van der Waals surface area contributed by atoms with Crippen LogP contribution in [0.2, 0.25) is 0 Å². The van der Waals surface area contributed by atoms with Gasteiger partial charge in [0.2, 0.25) is 0 Å². The fraction of sp³-hybridized carbons (Fsp3) is 0.188. The summed E-state index contributed by atoms with van der Waals surface area (Å²) in [4.78, 5) is 26.2. The number of thiazole rings is 1. The monoisotopic (exact) mass is 406 g/mol. The molecule has 9 nitrogen and oxygen atoms in total. The van der Waals surface area contributed by atoms with Crippen molar-refractivity contribution in [2.24, 2.45) is 5.10 Å². The van der Waals surface area contributed by atoms with E-state index in [4.69, 9.17) is 9.15 Å². The summed E-state index contributed by atoms with van der Waals surface area (Å²) in [7, 11) is 0. The second kappa shape index (κ2) is 8.64. The van der Waals surface area contributed by atoms with Crippen molar-refractivity contribution in [1.29, 1.82) is 0 Å². The minimum atomic E-state index is -0.651. The number of hydrazone groups is 1. The summed E-state index contributed by atoms with van der Waals surface area (Å²) < 4.78 is 12.1. The lowest BCUT2D eigenvalue weighted by Gasteiger charge is -2.00. The van der Waals surface area contributed by atoms with Gasteiger partial charge in [0.05, 0.1) is 34.9 Å². The Kier molecular flexibility index (Phi) is 6.04. The Morgan fingerprint density at radius 2 is 2.33 bits per heavy atom. The van der Waals surface area contributed by atoms with Crippen LogP contribution >= 0.6 is 23.1 Å². The number of carbonyl (C=O) groups is 1. The molecule has 0 aliphatic rings. The van der Waals surface area contributed by atoms with Crippen molar-refractivity contribution in [2.75, 3.05) is 12.4 Å². The quantitative estimate of drug-likeness (QED) is 0.263. The van der Waals surface area contributed by atoms with Gasteiger partial charge < -0.3 is 9.15 Å². The molecule has 0 saturated heterocycles. The molecule has 11 heteroatoms. The molecule has 1 N–H and O–H groups in total. The maximum atomic E-state index is 11.8. The molecule has 0 spiro atoms. The van der Waals surface area contributed by atoms with Gasteiger partial charge >= 0.3 is 5.88 Å². The van der Waals surface area contributed by atoms with Crippen LogP contribution in [0, 0.1) is 10.1 Å². The molecule has 0 unspecified atom stereocenters. The Balaban J connectivity index is 1.51. The molecule has 2 aromatic heterocycles. The number of thioether (sulfide) groups is 1. The van der Waals surface area contributed by atoms with Crippen LogP contribution in [-0.4, -0.2) is 34.4 Å². The van der Waals surface area contributed by atoms with Crippen LogP contribution in [0.3, 0.4) is 0 Å². The molecule has 0 atom stereocenters. The Morgan fingerprint density at radius 1 is 1.48 bits per heavy atom. The molecule has 3 aromatic rings. The average molecular weight is 406 g/mol. The number of fused-ring (bicyclic) bond motifs is 1. The van der Waals surface area contributed by atoms with Gasteiger partial charge in [-0.05, 0) is 31.2 Å². The van der Waals surface area contributed by atoms with Crippen LogP contribution in [0.5, 0.6) is 5.75 Å². The first-order chi connectivity index (χ1) is 13.0. The Hall–Kier alpha value is -2.92. The highest BCUT2D eigenvalue weighted by atomic mass is 32.2. The summed E-state index contributed by atoms with van der Waals surface area (Å²) in [5.41, 5.74) is 3.19. The maximum Gasteiger partial charge on any atom is 0.433 e. The lowest BCUT2D eigenvalue weighted by molar-refractivity contribution is -0.402. The van der Waals surface area contributed by atoms with E-state index in [-0.39, 0.29) is 23.3 Å². The molecule has 0 saturated carbocycles. The topological polar surface area (TPSA) is 120 Å². The van der Waals surface area contributed by atoms with Crippen LogP contribution in [-0.2, 0) is 4.79 Å².